The second kappa shape index (κ2) is 8.33. The fourth-order valence-corrected chi connectivity index (χ4v) is 3.29. The van der Waals surface area contributed by atoms with Crippen molar-refractivity contribution in [2.45, 2.75) is 25.0 Å². The van der Waals surface area contributed by atoms with Crippen molar-refractivity contribution in [1.29, 1.82) is 0 Å². The second-order valence-corrected chi connectivity index (χ2v) is 7.17. The van der Waals surface area contributed by atoms with Gasteiger partial charge in [-0.2, -0.15) is 4.68 Å². The van der Waals surface area contributed by atoms with E-state index in [9.17, 15) is 4.79 Å². The number of thioether (sulfide) groups is 1. The lowest BCUT2D eigenvalue weighted by Crippen LogP contribution is -2.28. The van der Waals surface area contributed by atoms with Crippen LogP contribution in [0, 0.1) is 6.92 Å². The lowest BCUT2D eigenvalue weighted by molar-refractivity contribution is -0.119. The number of hydrogen-bond donors (Lipinski definition) is 1. The summed E-state index contributed by atoms with van der Waals surface area (Å²) in [6, 6.07) is 15.1. The maximum Gasteiger partial charge on any atom is 0.230 e. The summed E-state index contributed by atoms with van der Waals surface area (Å²) < 4.78 is 1.65. The number of carbonyl (C=O) groups is 1. The normalized spacial score (nSPS) is 12.0. The van der Waals surface area contributed by atoms with Crippen LogP contribution in [-0.4, -0.2) is 31.9 Å². The first kappa shape index (κ1) is 18.4. The van der Waals surface area contributed by atoms with E-state index in [1.54, 1.807) is 4.68 Å². The summed E-state index contributed by atoms with van der Waals surface area (Å²) in [7, 11) is 0. The highest BCUT2D eigenvalue weighted by molar-refractivity contribution is 7.99. The molecular formula is C18H18ClN5OS. The highest BCUT2D eigenvalue weighted by atomic mass is 35.5. The zero-order chi connectivity index (χ0) is 18.5. The molecular weight excluding hydrogens is 370 g/mol. The average Bonchev–Trinajstić information content (AvgIpc) is 3.09. The molecule has 0 aliphatic rings. The largest absolute Gasteiger partial charge is 0.349 e. The fraction of sp³-hybridized carbons (Fsp3) is 0.222. The van der Waals surface area contributed by atoms with Crippen LogP contribution in [-0.2, 0) is 4.79 Å². The number of amides is 1. The van der Waals surface area contributed by atoms with Gasteiger partial charge in [-0.05, 0) is 53.6 Å². The van der Waals surface area contributed by atoms with Gasteiger partial charge in [0, 0.05) is 5.02 Å². The van der Waals surface area contributed by atoms with Gasteiger partial charge in [-0.1, -0.05) is 53.7 Å². The lowest BCUT2D eigenvalue weighted by Gasteiger charge is -2.14. The number of rotatable bonds is 6. The van der Waals surface area contributed by atoms with Crippen LogP contribution in [0.15, 0.2) is 53.7 Å². The molecule has 1 aromatic heterocycles. The van der Waals surface area contributed by atoms with Crippen molar-refractivity contribution in [3.8, 4) is 5.69 Å². The highest BCUT2D eigenvalue weighted by Gasteiger charge is 2.14. The molecule has 3 rings (SSSR count). The Bertz CT molecular complexity index is 897. The van der Waals surface area contributed by atoms with Crippen LogP contribution in [0.3, 0.4) is 0 Å². The minimum atomic E-state index is -0.104. The summed E-state index contributed by atoms with van der Waals surface area (Å²) in [6.45, 7) is 3.93. The molecule has 0 aliphatic heterocycles. The topological polar surface area (TPSA) is 72.7 Å². The third kappa shape index (κ3) is 4.42. The van der Waals surface area contributed by atoms with Gasteiger partial charge in [-0.25, -0.2) is 0 Å². The molecule has 8 heteroatoms. The summed E-state index contributed by atoms with van der Waals surface area (Å²) in [5, 5.41) is 16.0. The van der Waals surface area contributed by atoms with Gasteiger partial charge in [-0.15, -0.1) is 5.10 Å². The number of carbonyl (C=O) groups excluding carboxylic acids is 1. The first-order valence-electron chi connectivity index (χ1n) is 8.06. The van der Waals surface area contributed by atoms with E-state index in [0.717, 1.165) is 16.8 Å². The first-order valence-corrected chi connectivity index (χ1v) is 9.43. The van der Waals surface area contributed by atoms with Gasteiger partial charge >= 0.3 is 0 Å². The Morgan fingerprint density at radius 2 is 1.96 bits per heavy atom. The van der Waals surface area contributed by atoms with Gasteiger partial charge in [0.2, 0.25) is 11.1 Å². The molecule has 0 saturated carbocycles. The van der Waals surface area contributed by atoms with Crippen LogP contribution in [0.2, 0.25) is 5.02 Å². The quantitative estimate of drug-likeness (QED) is 0.654. The van der Waals surface area contributed by atoms with Crippen molar-refractivity contribution in [3.05, 3.63) is 64.7 Å². The van der Waals surface area contributed by atoms with Crippen LogP contribution < -0.4 is 5.32 Å². The summed E-state index contributed by atoms with van der Waals surface area (Å²) in [4.78, 5) is 12.3. The summed E-state index contributed by atoms with van der Waals surface area (Å²) >= 11 is 7.19. The summed E-state index contributed by atoms with van der Waals surface area (Å²) in [6.07, 6.45) is 0. The van der Waals surface area contributed by atoms with E-state index in [1.807, 2.05) is 62.4 Å². The van der Waals surface area contributed by atoms with Crippen molar-refractivity contribution >= 4 is 29.3 Å². The number of aromatic nitrogens is 4. The molecule has 6 nitrogen and oxygen atoms in total. The summed E-state index contributed by atoms with van der Waals surface area (Å²) in [5.74, 6) is 0.140. The molecule has 134 valence electrons. The maximum absolute atomic E-state index is 12.3. The minimum Gasteiger partial charge on any atom is -0.349 e. The average molecular weight is 388 g/mol. The molecule has 0 radical (unpaired) electrons. The van der Waals surface area contributed by atoms with Gasteiger partial charge < -0.3 is 5.32 Å². The van der Waals surface area contributed by atoms with Crippen LogP contribution in [0.1, 0.15) is 24.1 Å². The Morgan fingerprint density at radius 1 is 1.23 bits per heavy atom. The van der Waals surface area contributed by atoms with Crippen molar-refractivity contribution in [1.82, 2.24) is 25.5 Å². The number of nitrogens with zero attached hydrogens (tertiary/aromatic N) is 4. The maximum atomic E-state index is 12.3. The number of para-hydroxylation sites is 1. The van der Waals surface area contributed by atoms with E-state index in [1.165, 1.54) is 11.8 Å². The monoisotopic (exact) mass is 387 g/mol. The number of halogens is 1. The number of nitrogens with one attached hydrogen (secondary N) is 1. The standard InChI is InChI=1S/C18H18ClN5OS/c1-12-5-3-4-6-16(12)24-18(21-22-23-24)26-11-17(25)20-13(2)14-7-9-15(19)10-8-14/h3-10,13H,11H2,1-2H3,(H,20,25)/t13-/m1/s1. The van der Waals surface area contributed by atoms with Crippen molar-refractivity contribution in [2.24, 2.45) is 0 Å². The van der Waals surface area contributed by atoms with E-state index < -0.39 is 0 Å². The summed E-state index contributed by atoms with van der Waals surface area (Å²) in [5.41, 5.74) is 2.95. The van der Waals surface area contributed by atoms with Crippen molar-refractivity contribution in [3.63, 3.8) is 0 Å². The molecule has 0 saturated heterocycles. The molecule has 0 unspecified atom stereocenters. The minimum absolute atomic E-state index is 0.0863. The smallest absolute Gasteiger partial charge is 0.230 e. The molecule has 1 N–H and O–H groups in total. The predicted octanol–water partition coefficient (Wildman–Crippen LogP) is 3.59. The zero-order valence-electron chi connectivity index (χ0n) is 14.4. The van der Waals surface area contributed by atoms with E-state index in [4.69, 9.17) is 11.6 Å². The molecule has 2 aromatic carbocycles. The molecule has 3 aromatic rings. The lowest BCUT2D eigenvalue weighted by atomic mass is 10.1. The first-order chi connectivity index (χ1) is 12.5. The van der Waals surface area contributed by atoms with E-state index in [0.29, 0.717) is 10.2 Å². The molecule has 0 spiro atoms. The van der Waals surface area contributed by atoms with Gasteiger partial charge in [0.1, 0.15) is 0 Å². The highest BCUT2D eigenvalue weighted by Crippen LogP contribution is 2.21. The van der Waals surface area contributed by atoms with Gasteiger partial charge in [0.15, 0.2) is 0 Å². The van der Waals surface area contributed by atoms with Crippen LogP contribution in [0.25, 0.3) is 5.69 Å². The Morgan fingerprint density at radius 3 is 2.69 bits per heavy atom. The van der Waals surface area contributed by atoms with Gasteiger partial charge in [-0.3, -0.25) is 4.79 Å². The fourth-order valence-electron chi connectivity index (χ4n) is 2.47. The third-order valence-electron chi connectivity index (χ3n) is 3.86. The van der Waals surface area contributed by atoms with Crippen molar-refractivity contribution < 1.29 is 4.79 Å². The molecule has 0 fully saturated rings. The zero-order valence-corrected chi connectivity index (χ0v) is 16.0. The van der Waals surface area contributed by atoms with Crippen LogP contribution >= 0.6 is 23.4 Å². The van der Waals surface area contributed by atoms with Crippen molar-refractivity contribution in [2.75, 3.05) is 5.75 Å². The van der Waals surface area contributed by atoms with Gasteiger partial charge in [0.05, 0.1) is 17.5 Å². The molecule has 0 bridgehead atoms. The number of hydrogen-bond acceptors (Lipinski definition) is 5. The van der Waals surface area contributed by atoms with Crippen LogP contribution in [0.5, 0.6) is 0 Å². The molecule has 26 heavy (non-hydrogen) atoms. The molecule has 1 amide bonds. The Balaban J connectivity index is 1.61. The van der Waals surface area contributed by atoms with E-state index in [2.05, 4.69) is 20.8 Å². The van der Waals surface area contributed by atoms with Crippen LogP contribution in [0.4, 0.5) is 0 Å². The Kier molecular flexibility index (Phi) is 5.90. The number of aryl methyl sites for hydroxylation is 1. The Hall–Kier alpha value is -2.38. The van der Waals surface area contributed by atoms with E-state index >= 15 is 0 Å². The molecule has 1 atom stereocenters. The molecule has 1 heterocycles. The SMILES string of the molecule is Cc1ccccc1-n1nnnc1SCC(=O)N[C@H](C)c1ccc(Cl)cc1. The number of benzene rings is 2. The van der Waals surface area contributed by atoms with E-state index in [-0.39, 0.29) is 17.7 Å². The third-order valence-corrected chi connectivity index (χ3v) is 5.04. The molecule has 0 aliphatic carbocycles. The Labute approximate surface area is 160 Å². The number of tetrazole rings is 1. The van der Waals surface area contributed by atoms with Gasteiger partial charge in [0.25, 0.3) is 0 Å². The second-order valence-electron chi connectivity index (χ2n) is 5.79. The predicted molar refractivity (Wildman–Crippen MR) is 103 cm³/mol.